The first-order valence-corrected chi connectivity index (χ1v) is 12.3. The van der Waals surface area contributed by atoms with Crippen LogP contribution < -0.4 is 15.4 Å². The minimum Gasteiger partial charge on any atom is -0.497 e. The van der Waals surface area contributed by atoms with Crippen molar-refractivity contribution in [2.24, 2.45) is 0 Å². The quantitative estimate of drug-likeness (QED) is 0.316. The van der Waals surface area contributed by atoms with Gasteiger partial charge >= 0.3 is 0 Å². The Labute approximate surface area is 200 Å². The zero-order valence-electron chi connectivity index (χ0n) is 18.3. The number of aromatic nitrogens is 4. The first kappa shape index (κ1) is 22.8. The van der Waals surface area contributed by atoms with Crippen molar-refractivity contribution in [2.75, 3.05) is 23.5 Å². The lowest BCUT2D eigenvalue weighted by Crippen LogP contribution is -2.15. The van der Waals surface area contributed by atoms with Crippen LogP contribution in [-0.4, -0.2) is 38.5 Å². The van der Waals surface area contributed by atoms with E-state index in [0.29, 0.717) is 23.4 Å². The first-order valence-electron chi connectivity index (χ1n) is 10.4. The van der Waals surface area contributed by atoms with Crippen molar-refractivity contribution >= 4 is 39.8 Å². The van der Waals surface area contributed by atoms with E-state index in [2.05, 4.69) is 25.8 Å². The Morgan fingerprint density at radius 1 is 1.12 bits per heavy atom. The molecule has 0 radical (unpaired) electrons. The van der Waals surface area contributed by atoms with Crippen LogP contribution >= 0.6 is 23.1 Å². The summed E-state index contributed by atoms with van der Waals surface area (Å²) in [6, 6.07) is 17.6. The molecule has 0 fully saturated rings. The number of methoxy groups -OCH3 is 1. The van der Waals surface area contributed by atoms with E-state index in [0.717, 1.165) is 28.5 Å². The summed E-state index contributed by atoms with van der Waals surface area (Å²) in [5.74, 6) is 1.72. The fourth-order valence-corrected chi connectivity index (χ4v) is 4.68. The molecule has 0 saturated heterocycles. The van der Waals surface area contributed by atoms with Crippen LogP contribution in [0.5, 0.6) is 5.75 Å². The lowest BCUT2D eigenvalue weighted by Gasteiger charge is -2.09. The van der Waals surface area contributed by atoms with Crippen molar-refractivity contribution in [3.05, 3.63) is 65.8 Å². The Kier molecular flexibility index (Phi) is 7.59. The topological polar surface area (TPSA) is 94.0 Å². The normalized spacial score (nSPS) is 10.7. The molecule has 2 heterocycles. The van der Waals surface area contributed by atoms with Gasteiger partial charge in [-0.25, -0.2) is 4.98 Å². The molecule has 0 atom stereocenters. The van der Waals surface area contributed by atoms with Gasteiger partial charge in [-0.15, -0.1) is 21.5 Å². The Balaban J connectivity index is 1.31. The van der Waals surface area contributed by atoms with Crippen LogP contribution in [0.2, 0.25) is 0 Å². The van der Waals surface area contributed by atoms with Gasteiger partial charge in [0, 0.05) is 23.2 Å². The number of rotatable bonds is 10. The largest absolute Gasteiger partial charge is 0.497 e. The number of thiazole rings is 1. The van der Waals surface area contributed by atoms with E-state index >= 15 is 0 Å². The molecule has 0 aliphatic carbocycles. The molecular formula is C23H24N6O2S2. The molecule has 0 aliphatic rings. The number of anilines is 2. The third kappa shape index (κ3) is 5.91. The summed E-state index contributed by atoms with van der Waals surface area (Å²) in [6.07, 6.45) is 0. The predicted molar refractivity (Wildman–Crippen MR) is 133 cm³/mol. The van der Waals surface area contributed by atoms with E-state index in [4.69, 9.17) is 4.74 Å². The highest BCUT2D eigenvalue weighted by molar-refractivity contribution is 7.99. The maximum atomic E-state index is 12.5. The van der Waals surface area contributed by atoms with Crippen LogP contribution in [0.4, 0.5) is 10.8 Å². The second-order valence-electron chi connectivity index (χ2n) is 6.97. The average Bonchev–Trinajstić information content (AvgIpc) is 3.48. The molecule has 2 aromatic heterocycles. The minimum atomic E-state index is -0.127. The Bertz CT molecular complexity index is 1190. The Morgan fingerprint density at radius 2 is 1.91 bits per heavy atom. The number of carbonyl (C=O) groups is 1. The van der Waals surface area contributed by atoms with Crippen LogP contribution in [0.25, 0.3) is 11.3 Å². The van der Waals surface area contributed by atoms with Crippen molar-refractivity contribution in [1.29, 1.82) is 0 Å². The van der Waals surface area contributed by atoms with Crippen molar-refractivity contribution in [3.8, 4) is 17.0 Å². The van der Waals surface area contributed by atoms with E-state index in [-0.39, 0.29) is 11.7 Å². The van der Waals surface area contributed by atoms with E-state index in [1.54, 1.807) is 7.11 Å². The minimum absolute atomic E-state index is 0.127. The van der Waals surface area contributed by atoms with Crippen LogP contribution in [0.1, 0.15) is 12.7 Å². The van der Waals surface area contributed by atoms with Crippen LogP contribution in [0.15, 0.2) is 65.1 Å². The lowest BCUT2D eigenvalue weighted by molar-refractivity contribution is -0.113. The maximum Gasteiger partial charge on any atom is 0.236 e. The number of carbonyl (C=O) groups excluding carboxylic acids is 1. The number of amides is 1. The van der Waals surface area contributed by atoms with E-state index < -0.39 is 0 Å². The third-order valence-electron chi connectivity index (χ3n) is 4.80. The van der Waals surface area contributed by atoms with Gasteiger partial charge in [-0.1, -0.05) is 42.1 Å². The smallest absolute Gasteiger partial charge is 0.236 e. The van der Waals surface area contributed by atoms with Crippen molar-refractivity contribution in [1.82, 2.24) is 19.7 Å². The summed E-state index contributed by atoms with van der Waals surface area (Å²) in [5, 5.41) is 18.0. The molecule has 0 aliphatic heterocycles. The molecule has 0 unspecified atom stereocenters. The molecule has 0 saturated carbocycles. The number of benzene rings is 2. The fourth-order valence-electron chi connectivity index (χ4n) is 3.12. The number of ether oxygens (including phenoxy) is 1. The average molecular weight is 481 g/mol. The highest BCUT2D eigenvalue weighted by atomic mass is 32.2. The van der Waals surface area contributed by atoms with Crippen LogP contribution in [0.3, 0.4) is 0 Å². The fraction of sp³-hybridized carbons (Fsp3) is 0.217. The van der Waals surface area contributed by atoms with Crippen molar-refractivity contribution in [3.63, 3.8) is 0 Å². The molecule has 0 spiro atoms. The van der Waals surface area contributed by atoms with Gasteiger partial charge in [0.1, 0.15) is 5.75 Å². The first-order chi connectivity index (χ1) is 16.2. The molecule has 2 N–H and O–H groups in total. The number of nitrogens with zero attached hydrogens (tertiary/aromatic N) is 4. The Hall–Kier alpha value is -3.37. The monoisotopic (exact) mass is 480 g/mol. The van der Waals surface area contributed by atoms with E-state index in [9.17, 15) is 4.79 Å². The highest BCUT2D eigenvalue weighted by Gasteiger charge is 2.14. The molecule has 0 bridgehead atoms. The van der Waals surface area contributed by atoms with Gasteiger partial charge in [0.15, 0.2) is 16.1 Å². The number of nitrogens with one attached hydrogen (secondary N) is 2. The third-order valence-corrected chi connectivity index (χ3v) is 6.53. The van der Waals surface area contributed by atoms with Gasteiger partial charge in [0.25, 0.3) is 0 Å². The second-order valence-corrected chi connectivity index (χ2v) is 8.77. The van der Waals surface area contributed by atoms with E-state index in [1.807, 2.05) is 71.5 Å². The molecular weight excluding hydrogens is 456 g/mol. The molecule has 33 heavy (non-hydrogen) atoms. The number of hydrogen-bond donors (Lipinski definition) is 2. The standard InChI is InChI=1S/C23H24N6O2S2/c1-3-29-20(13-24-17-9-11-18(31-2)12-10-17)27-28-23(29)33-15-21(30)26-22-25-19(14-32-22)16-7-5-4-6-8-16/h4-12,14,24H,3,13,15H2,1-2H3,(H,25,26,30). The van der Waals surface area contributed by atoms with Gasteiger partial charge < -0.3 is 19.9 Å². The summed E-state index contributed by atoms with van der Waals surface area (Å²) in [4.78, 5) is 17.0. The van der Waals surface area contributed by atoms with Gasteiger partial charge in [-0.05, 0) is 31.2 Å². The molecule has 1 amide bonds. The molecule has 170 valence electrons. The molecule has 8 nitrogen and oxygen atoms in total. The van der Waals surface area contributed by atoms with Crippen LogP contribution in [0, 0.1) is 0 Å². The Morgan fingerprint density at radius 3 is 2.64 bits per heavy atom. The lowest BCUT2D eigenvalue weighted by atomic mass is 10.2. The summed E-state index contributed by atoms with van der Waals surface area (Å²) < 4.78 is 7.19. The predicted octanol–water partition coefficient (Wildman–Crippen LogP) is 4.77. The highest BCUT2D eigenvalue weighted by Crippen LogP contribution is 2.25. The summed E-state index contributed by atoms with van der Waals surface area (Å²) in [5.41, 5.74) is 2.84. The zero-order valence-corrected chi connectivity index (χ0v) is 19.9. The van der Waals surface area contributed by atoms with Gasteiger partial charge in [-0.3, -0.25) is 4.79 Å². The molecule has 4 aromatic rings. The van der Waals surface area contributed by atoms with Crippen molar-refractivity contribution in [2.45, 2.75) is 25.2 Å². The molecule has 10 heteroatoms. The molecule has 2 aromatic carbocycles. The second kappa shape index (κ2) is 11.0. The summed E-state index contributed by atoms with van der Waals surface area (Å²) in [7, 11) is 1.64. The zero-order chi connectivity index (χ0) is 23.0. The van der Waals surface area contributed by atoms with Crippen LogP contribution in [-0.2, 0) is 17.9 Å². The maximum absolute atomic E-state index is 12.5. The number of hydrogen-bond acceptors (Lipinski definition) is 8. The molecule has 4 rings (SSSR count). The van der Waals surface area contributed by atoms with Gasteiger partial charge in [0.2, 0.25) is 5.91 Å². The summed E-state index contributed by atoms with van der Waals surface area (Å²) in [6.45, 7) is 3.27. The van der Waals surface area contributed by atoms with Crippen molar-refractivity contribution < 1.29 is 9.53 Å². The summed E-state index contributed by atoms with van der Waals surface area (Å²) >= 11 is 2.77. The van der Waals surface area contributed by atoms with Gasteiger partial charge in [-0.2, -0.15) is 0 Å². The van der Waals surface area contributed by atoms with E-state index in [1.165, 1.54) is 23.1 Å². The number of thioether (sulfide) groups is 1. The van der Waals surface area contributed by atoms with Gasteiger partial charge in [0.05, 0.1) is 25.1 Å². The SMILES string of the molecule is CCn1c(CNc2ccc(OC)cc2)nnc1SCC(=O)Nc1nc(-c2ccccc2)cs1.